The SMILES string of the molecule is CC(=O)[C@H]1C(=O)N(c2ccccc2)C(C)=C(C(=O)Nc2ccccc2)[C@@H]1c1cccc([N+](=O)[O-])c1. The smallest absolute Gasteiger partial charge is 0.269 e. The summed E-state index contributed by atoms with van der Waals surface area (Å²) in [6, 6.07) is 23.3. The molecule has 1 N–H and O–H groups in total. The van der Waals surface area contributed by atoms with E-state index in [1.54, 1.807) is 67.6 Å². The number of allylic oxidation sites excluding steroid dienone is 1. The van der Waals surface area contributed by atoms with Gasteiger partial charge in [-0.15, -0.1) is 0 Å². The van der Waals surface area contributed by atoms with Crippen LogP contribution in [0.4, 0.5) is 17.1 Å². The minimum Gasteiger partial charge on any atom is -0.322 e. The second kappa shape index (κ2) is 9.72. The Morgan fingerprint density at radius 1 is 0.943 bits per heavy atom. The Labute approximate surface area is 202 Å². The molecule has 1 aliphatic heterocycles. The van der Waals surface area contributed by atoms with E-state index in [4.69, 9.17) is 0 Å². The average molecular weight is 469 g/mol. The highest BCUT2D eigenvalue weighted by atomic mass is 16.6. The third kappa shape index (κ3) is 4.59. The maximum atomic E-state index is 13.7. The molecule has 0 radical (unpaired) electrons. The number of rotatable bonds is 6. The predicted molar refractivity (Wildman–Crippen MR) is 132 cm³/mol. The van der Waals surface area contributed by atoms with Crippen LogP contribution in [-0.2, 0) is 14.4 Å². The second-order valence-electron chi connectivity index (χ2n) is 8.25. The lowest BCUT2D eigenvalue weighted by atomic mass is 9.74. The summed E-state index contributed by atoms with van der Waals surface area (Å²) in [4.78, 5) is 52.6. The van der Waals surface area contributed by atoms with Crippen LogP contribution in [0.2, 0.25) is 0 Å². The van der Waals surface area contributed by atoms with Crippen molar-refractivity contribution in [1.29, 1.82) is 0 Å². The van der Waals surface area contributed by atoms with Gasteiger partial charge in [-0.1, -0.05) is 48.5 Å². The molecule has 176 valence electrons. The number of Topliss-reactive ketones (excluding diaryl/α,β-unsaturated/α-hetero) is 1. The first-order valence-electron chi connectivity index (χ1n) is 11.0. The van der Waals surface area contributed by atoms with E-state index in [1.807, 2.05) is 6.07 Å². The molecule has 8 nitrogen and oxygen atoms in total. The largest absolute Gasteiger partial charge is 0.322 e. The zero-order valence-electron chi connectivity index (χ0n) is 19.2. The van der Waals surface area contributed by atoms with E-state index < -0.39 is 34.4 Å². The summed E-state index contributed by atoms with van der Waals surface area (Å²) >= 11 is 0. The number of hydrogen-bond donors (Lipinski definition) is 1. The van der Waals surface area contributed by atoms with Crippen LogP contribution >= 0.6 is 0 Å². The third-order valence-corrected chi connectivity index (χ3v) is 6.02. The Morgan fingerprint density at radius 3 is 2.17 bits per heavy atom. The van der Waals surface area contributed by atoms with E-state index in [0.29, 0.717) is 22.6 Å². The number of hydrogen-bond acceptors (Lipinski definition) is 5. The van der Waals surface area contributed by atoms with Gasteiger partial charge in [0.25, 0.3) is 11.6 Å². The molecule has 2 atom stereocenters. The molecule has 1 aliphatic rings. The maximum Gasteiger partial charge on any atom is 0.269 e. The summed E-state index contributed by atoms with van der Waals surface area (Å²) in [7, 11) is 0. The van der Waals surface area contributed by atoms with Crippen molar-refractivity contribution >= 4 is 34.7 Å². The second-order valence-corrected chi connectivity index (χ2v) is 8.25. The highest BCUT2D eigenvalue weighted by molar-refractivity contribution is 6.16. The van der Waals surface area contributed by atoms with Gasteiger partial charge in [-0.2, -0.15) is 0 Å². The quantitative estimate of drug-likeness (QED) is 0.315. The van der Waals surface area contributed by atoms with Gasteiger partial charge in [0.2, 0.25) is 5.91 Å². The minimum absolute atomic E-state index is 0.191. The zero-order chi connectivity index (χ0) is 25.1. The number of nitrogens with one attached hydrogen (secondary N) is 1. The lowest BCUT2D eigenvalue weighted by Gasteiger charge is -2.39. The molecule has 0 spiro atoms. The van der Waals surface area contributed by atoms with Gasteiger partial charge < -0.3 is 5.32 Å². The molecule has 0 unspecified atom stereocenters. The van der Waals surface area contributed by atoms with Crippen molar-refractivity contribution in [3.8, 4) is 0 Å². The number of non-ortho nitro benzene ring substituents is 1. The van der Waals surface area contributed by atoms with Gasteiger partial charge >= 0.3 is 0 Å². The number of nitro benzene ring substituents is 1. The normalized spacial score (nSPS) is 17.8. The van der Waals surface area contributed by atoms with Gasteiger partial charge in [0.1, 0.15) is 11.7 Å². The van der Waals surface area contributed by atoms with E-state index in [1.165, 1.54) is 30.0 Å². The molecule has 3 aromatic carbocycles. The number of nitrogens with zero attached hydrogens (tertiary/aromatic N) is 2. The van der Waals surface area contributed by atoms with Gasteiger partial charge in [-0.25, -0.2) is 0 Å². The van der Waals surface area contributed by atoms with E-state index in [9.17, 15) is 24.5 Å². The highest BCUT2D eigenvalue weighted by Gasteiger charge is 2.47. The van der Waals surface area contributed by atoms with Gasteiger partial charge in [-0.05, 0) is 43.7 Å². The Balaban J connectivity index is 1.94. The topological polar surface area (TPSA) is 110 Å². The monoisotopic (exact) mass is 469 g/mol. The maximum absolute atomic E-state index is 13.7. The van der Waals surface area contributed by atoms with Crippen LogP contribution in [0.25, 0.3) is 0 Å². The predicted octanol–water partition coefficient (Wildman–Crippen LogP) is 4.84. The zero-order valence-corrected chi connectivity index (χ0v) is 19.2. The molecule has 0 saturated heterocycles. The standard InChI is InChI=1S/C27H23N3O5/c1-17-23(26(32)28-20-11-5-3-6-12-20)25(19-10-9-15-22(16-19)30(34)35)24(18(2)31)27(33)29(17)21-13-7-4-8-14-21/h3-16,24-25H,1-2H3,(H,28,32)/t24-,25+/m1/s1. The van der Waals surface area contributed by atoms with Crippen LogP contribution in [-0.4, -0.2) is 22.5 Å². The van der Waals surface area contributed by atoms with Crippen molar-refractivity contribution in [3.63, 3.8) is 0 Å². The summed E-state index contributed by atoms with van der Waals surface area (Å²) in [5, 5.41) is 14.3. The number of carbonyl (C=O) groups is 3. The fourth-order valence-corrected chi connectivity index (χ4v) is 4.48. The first-order chi connectivity index (χ1) is 16.8. The molecule has 0 aromatic heterocycles. The molecule has 1 heterocycles. The fourth-order valence-electron chi connectivity index (χ4n) is 4.48. The van der Waals surface area contributed by atoms with E-state index in [-0.39, 0.29) is 11.3 Å². The van der Waals surface area contributed by atoms with Gasteiger partial charge in [0.05, 0.1) is 4.92 Å². The van der Waals surface area contributed by atoms with Crippen molar-refractivity contribution in [2.24, 2.45) is 5.92 Å². The summed E-state index contributed by atoms with van der Waals surface area (Å²) < 4.78 is 0. The molecule has 0 saturated carbocycles. The minimum atomic E-state index is -1.24. The molecular formula is C27H23N3O5. The molecule has 8 heteroatoms. The first kappa shape index (κ1) is 23.6. The fraction of sp³-hybridized carbons (Fsp3) is 0.148. The molecular weight excluding hydrogens is 446 g/mol. The van der Waals surface area contributed by atoms with Gasteiger partial charge in [0, 0.05) is 40.7 Å². The summed E-state index contributed by atoms with van der Waals surface area (Å²) in [5.41, 5.74) is 1.75. The number of para-hydroxylation sites is 2. The van der Waals surface area contributed by atoms with Crippen molar-refractivity contribution < 1.29 is 19.3 Å². The van der Waals surface area contributed by atoms with Crippen LogP contribution in [0.5, 0.6) is 0 Å². The Morgan fingerprint density at radius 2 is 1.57 bits per heavy atom. The van der Waals surface area contributed by atoms with Crippen molar-refractivity contribution in [2.75, 3.05) is 10.2 Å². The first-order valence-corrected chi connectivity index (χ1v) is 11.0. The lowest BCUT2D eigenvalue weighted by molar-refractivity contribution is -0.384. The number of ketones is 1. The van der Waals surface area contributed by atoms with Gasteiger partial charge in [-0.3, -0.25) is 29.4 Å². The van der Waals surface area contributed by atoms with Crippen LogP contribution in [0.3, 0.4) is 0 Å². The van der Waals surface area contributed by atoms with Gasteiger partial charge in [0.15, 0.2) is 0 Å². The van der Waals surface area contributed by atoms with E-state index >= 15 is 0 Å². The van der Waals surface area contributed by atoms with Crippen molar-refractivity contribution in [3.05, 3.63) is 112 Å². The number of carbonyl (C=O) groups excluding carboxylic acids is 3. The molecule has 3 aromatic rings. The van der Waals surface area contributed by atoms with Crippen LogP contribution in [0.15, 0.2) is 96.2 Å². The molecule has 4 rings (SSSR count). The molecule has 35 heavy (non-hydrogen) atoms. The molecule has 0 fully saturated rings. The van der Waals surface area contributed by atoms with Crippen LogP contribution in [0, 0.1) is 16.0 Å². The molecule has 2 amide bonds. The number of anilines is 2. The van der Waals surface area contributed by atoms with Crippen LogP contribution < -0.4 is 10.2 Å². The van der Waals surface area contributed by atoms with E-state index in [2.05, 4.69) is 5.32 Å². The average Bonchev–Trinajstić information content (AvgIpc) is 2.84. The molecule has 0 bridgehead atoms. The highest BCUT2D eigenvalue weighted by Crippen LogP contribution is 2.43. The Bertz CT molecular complexity index is 1340. The Hall–Kier alpha value is -4.59. The van der Waals surface area contributed by atoms with Crippen molar-refractivity contribution in [2.45, 2.75) is 19.8 Å². The lowest BCUT2D eigenvalue weighted by Crippen LogP contribution is -2.48. The summed E-state index contributed by atoms with van der Waals surface area (Å²) in [6.07, 6.45) is 0. The molecule has 0 aliphatic carbocycles. The summed E-state index contributed by atoms with van der Waals surface area (Å²) in [5.74, 6) is -3.66. The van der Waals surface area contributed by atoms with Crippen LogP contribution in [0.1, 0.15) is 25.3 Å². The summed E-state index contributed by atoms with van der Waals surface area (Å²) in [6.45, 7) is 2.94. The number of nitro groups is 1. The number of benzene rings is 3. The van der Waals surface area contributed by atoms with E-state index in [0.717, 1.165) is 0 Å². The third-order valence-electron chi connectivity index (χ3n) is 6.02. The van der Waals surface area contributed by atoms with Crippen molar-refractivity contribution in [1.82, 2.24) is 0 Å². The Kier molecular flexibility index (Phi) is 6.55. The number of amides is 2.